The minimum atomic E-state index is -0.852. The Bertz CT molecular complexity index is 648. The molecular weight excluding hydrogens is 314 g/mol. The van der Waals surface area contributed by atoms with Gasteiger partial charge in [0.05, 0.1) is 0 Å². The highest BCUT2D eigenvalue weighted by molar-refractivity contribution is 5.46. The number of aliphatic hydroxyl groups excluding tert-OH is 1. The van der Waals surface area contributed by atoms with Crippen molar-refractivity contribution in [2.24, 2.45) is 0 Å². The topological polar surface area (TPSA) is 44.7 Å². The van der Waals surface area contributed by atoms with Gasteiger partial charge in [0.15, 0.2) is 11.6 Å². The van der Waals surface area contributed by atoms with Crippen molar-refractivity contribution < 1.29 is 18.6 Å². The van der Waals surface area contributed by atoms with Gasteiger partial charge >= 0.3 is 0 Å². The van der Waals surface area contributed by atoms with Gasteiger partial charge < -0.3 is 20.1 Å². The Balaban J connectivity index is 1.82. The Labute approximate surface area is 140 Å². The molecular formula is C18H22F2N2O2. The first-order chi connectivity index (χ1) is 11.4. The fraction of sp³-hybridized carbons (Fsp3) is 0.333. The number of hydrogen-bond donors (Lipinski definition) is 2. The smallest absolute Gasteiger partial charge is 0.159 e. The number of halogens is 2. The number of ether oxygens (including phenoxy) is 1. The van der Waals surface area contributed by atoms with Gasteiger partial charge in [-0.25, -0.2) is 8.78 Å². The van der Waals surface area contributed by atoms with E-state index in [1.807, 2.05) is 31.1 Å². The molecule has 0 aromatic heterocycles. The standard InChI is InChI=1S/C18H22F2N2O2/c1-22(2)11-15(23)12-24-16-6-4-14(5-7-16)21-10-13-3-8-17(19)18(20)9-13/h3-9,15,21,23H,10-12H2,1-2H3. The maximum atomic E-state index is 13.1. The Morgan fingerprint density at radius 2 is 1.79 bits per heavy atom. The third kappa shape index (κ3) is 5.79. The summed E-state index contributed by atoms with van der Waals surface area (Å²) in [7, 11) is 3.77. The van der Waals surface area contributed by atoms with Crippen molar-refractivity contribution in [3.05, 3.63) is 59.7 Å². The van der Waals surface area contributed by atoms with Crippen LogP contribution in [-0.2, 0) is 6.54 Å². The van der Waals surface area contributed by atoms with Crippen LogP contribution in [0.5, 0.6) is 5.75 Å². The molecule has 1 unspecified atom stereocenters. The molecule has 0 aliphatic rings. The molecule has 0 bridgehead atoms. The first-order valence-electron chi connectivity index (χ1n) is 7.67. The first-order valence-corrected chi connectivity index (χ1v) is 7.67. The molecule has 0 heterocycles. The van der Waals surface area contributed by atoms with Gasteiger partial charge in [-0.15, -0.1) is 0 Å². The van der Waals surface area contributed by atoms with Crippen molar-refractivity contribution >= 4 is 5.69 Å². The van der Waals surface area contributed by atoms with Crippen molar-refractivity contribution in [2.45, 2.75) is 12.6 Å². The van der Waals surface area contributed by atoms with E-state index >= 15 is 0 Å². The zero-order valence-corrected chi connectivity index (χ0v) is 13.8. The third-order valence-electron chi connectivity index (χ3n) is 3.35. The highest BCUT2D eigenvalue weighted by Crippen LogP contribution is 2.17. The van der Waals surface area contributed by atoms with E-state index in [1.165, 1.54) is 12.1 Å². The van der Waals surface area contributed by atoms with E-state index in [2.05, 4.69) is 5.32 Å². The van der Waals surface area contributed by atoms with Crippen LogP contribution in [-0.4, -0.2) is 43.4 Å². The minimum Gasteiger partial charge on any atom is -0.491 e. The van der Waals surface area contributed by atoms with Crippen LogP contribution in [0.1, 0.15) is 5.56 Å². The Hall–Kier alpha value is -2.18. The fourth-order valence-corrected chi connectivity index (χ4v) is 2.19. The summed E-state index contributed by atoms with van der Waals surface area (Å²) < 4.78 is 31.5. The van der Waals surface area contributed by atoms with Crippen LogP contribution in [0, 0.1) is 11.6 Å². The summed E-state index contributed by atoms with van der Waals surface area (Å²) in [4.78, 5) is 1.89. The molecule has 6 heteroatoms. The summed E-state index contributed by atoms with van der Waals surface area (Å²) in [5.74, 6) is -1.04. The lowest BCUT2D eigenvalue weighted by molar-refractivity contribution is 0.0831. The molecule has 0 spiro atoms. The lowest BCUT2D eigenvalue weighted by atomic mass is 10.2. The number of hydrogen-bond acceptors (Lipinski definition) is 4. The number of benzene rings is 2. The van der Waals surface area contributed by atoms with Crippen LogP contribution in [0.4, 0.5) is 14.5 Å². The molecule has 0 saturated carbocycles. The van der Waals surface area contributed by atoms with E-state index in [0.717, 1.165) is 11.8 Å². The Morgan fingerprint density at radius 1 is 1.08 bits per heavy atom. The molecule has 2 aromatic rings. The molecule has 4 nitrogen and oxygen atoms in total. The van der Waals surface area contributed by atoms with Gasteiger partial charge in [-0.05, 0) is 56.1 Å². The van der Waals surface area contributed by atoms with E-state index in [4.69, 9.17) is 4.74 Å². The lowest BCUT2D eigenvalue weighted by Crippen LogP contribution is -2.30. The Kier molecular flexibility index (Phi) is 6.52. The molecule has 2 rings (SSSR count). The predicted octanol–water partition coefficient (Wildman–Crippen LogP) is 2.88. The van der Waals surface area contributed by atoms with Crippen LogP contribution < -0.4 is 10.1 Å². The molecule has 0 aliphatic carbocycles. The summed E-state index contributed by atoms with van der Waals surface area (Å²) in [5, 5.41) is 12.9. The molecule has 0 aliphatic heterocycles. The largest absolute Gasteiger partial charge is 0.491 e. The highest BCUT2D eigenvalue weighted by atomic mass is 19.2. The van der Waals surface area contributed by atoms with Gasteiger partial charge in [0.1, 0.15) is 18.5 Å². The van der Waals surface area contributed by atoms with Crippen molar-refractivity contribution in [2.75, 3.05) is 32.6 Å². The van der Waals surface area contributed by atoms with Gasteiger partial charge in [0.2, 0.25) is 0 Å². The zero-order chi connectivity index (χ0) is 17.5. The van der Waals surface area contributed by atoms with Crippen molar-refractivity contribution in [3.63, 3.8) is 0 Å². The summed E-state index contributed by atoms with van der Waals surface area (Å²) in [5.41, 5.74) is 1.49. The molecule has 2 N–H and O–H groups in total. The number of nitrogens with one attached hydrogen (secondary N) is 1. The first kappa shape index (κ1) is 18.2. The van der Waals surface area contributed by atoms with E-state index < -0.39 is 17.7 Å². The number of rotatable bonds is 8. The molecule has 130 valence electrons. The normalized spacial score (nSPS) is 12.2. The second kappa shape index (κ2) is 8.61. The molecule has 0 fully saturated rings. The highest BCUT2D eigenvalue weighted by Gasteiger charge is 2.06. The third-order valence-corrected chi connectivity index (χ3v) is 3.35. The fourth-order valence-electron chi connectivity index (χ4n) is 2.19. The summed E-state index contributed by atoms with van der Waals surface area (Å²) in [6.07, 6.45) is -0.550. The van der Waals surface area contributed by atoms with Crippen LogP contribution in [0.3, 0.4) is 0 Å². The van der Waals surface area contributed by atoms with E-state index in [0.29, 0.717) is 24.4 Å². The molecule has 0 radical (unpaired) electrons. The van der Waals surface area contributed by atoms with E-state index in [-0.39, 0.29) is 6.61 Å². The molecule has 0 saturated heterocycles. The summed E-state index contributed by atoms with van der Waals surface area (Å²) in [6.45, 7) is 1.15. The number of nitrogens with zero attached hydrogens (tertiary/aromatic N) is 1. The zero-order valence-electron chi connectivity index (χ0n) is 13.8. The number of anilines is 1. The van der Waals surface area contributed by atoms with Gasteiger partial charge in [0.25, 0.3) is 0 Å². The monoisotopic (exact) mass is 336 g/mol. The van der Waals surface area contributed by atoms with Crippen molar-refractivity contribution in [1.82, 2.24) is 4.90 Å². The minimum absolute atomic E-state index is 0.222. The van der Waals surface area contributed by atoms with Crippen LogP contribution in [0.15, 0.2) is 42.5 Å². The van der Waals surface area contributed by atoms with E-state index in [9.17, 15) is 13.9 Å². The van der Waals surface area contributed by atoms with Crippen molar-refractivity contribution in [3.8, 4) is 5.75 Å². The maximum absolute atomic E-state index is 13.1. The van der Waals surface area contributed by atoms with Gasteiger partial charge in [-0.1, -0.05) is 6.07 Å². The second-order valence-electron chi connectivity index (χ2n) is 5.85. The molecule has 2 aromatic carbocycles. The Morgan fingerprint density at radius 3 is 2.42 bits per heavy atom. The maximum Gasteiger partial charge on any atom is 0.159 e. The van der Waals surface area contributed by atoms with Crippen molar-refractivity contribution in [1.29, 1.82) is 0 Å². The van der Waals surface area contributed by atoms with Gasteiger partial charge in [-0.2, -0.15) is 0 Å². The SMILES string of the molecule is CN(C)CC(O)COc1ccc(NCc2ccc(F)c(F)c2)cc1. The number of likely N-dealkylation sites (N-methyl/N-ethyl adjacent to an activating group) is 1. The average molecular weight is 336 g/mol. The van der Waals surface area contributed by atoms with Gasteiger partial charge in [0, 0.05) is 18.8 Å². The molecule has 24 heavy (non-hydrogen) atoms. The second-order valence-corrected chi connectivity index (χ2v) is 5.85. The van der Waals surface area contributed by atoms with Crippen LogP contribution >= 0.6 is 0 Å². The number of aliphatic hydroxyl groups is 1. The quantitative estimate of drug-likeness (QED) is 0.778. The van der Waals surface area contributed by atoms with E-state index in [1.54, 1.807) is 12.1 Å². The average Bonchev–Trinajstić information content (AvgIpc) is 2.54. The predicted molar refractivity (Wildman–Crippen MR) is 90.2 cm³/mol. The van der Waals surface area contributed by atoms with Crippen LogP contribution in [0.2, 0.25) is 0 Å². The van der Waals surface area contributed by atoms with Gasteiger partial charge in [-0.3, -0.25) is 0 Å². The molecule has 1 atom stereocenters. The van der Waals surface area contributed by atoms with Crippen LogP contribution in [0.25, 0.3) is 0 Å². The lowest BCUT2D eigenvalue weighted by Gasteiger charge is -2.16. The summed E-state index contributed by atoms with van der Waals surface area (Å²) >= 11 is 0. The summed E-state index contributed by atoms with van der Waals surface area (Å²) in [6, 6.07) is 11.1. The molecule has 0 amide bonds.